The highest BCUT2D eigenvalue weighted by molar-refractivity contribution is 5.93. The van der Waals surface area contributed by atoms with E-state index in [1.165, 1.54) is 32.1 Å². The van der Waals surface area contributed by atoms with E-state index in [2.05, 4.69) is 9.88 Å². The number of fused-ring (bicyclic) bond motifs is 2. The van der Waals surface area contributed by atoms with Crippen LogP contribution in [-0.2, 0) is 0 Å². The third-order valence-corrected chi connectivity index (χ3v) is 5.09. The maximum Gasteiger partial charge on any atom is 0.274 e. The molecule has 2 fully saturated rings. The van der Waals surface area contributed by atoms with Gasteiger partial charge in [0.05, 0.1) is 0 Å². The lowest BCUT2D eigenvalue weighted by Gasteiger charge is -2.43. The van der Waals surface area contributed by atoms with E-state index in [0.717, 1.165) is 18.6 Å². The Kier molecular flexibility index (Phi) is 3.17. The molecule has 3 heterocycles. The molecule has 0 aromatic carbocycles. The van der Waals surface area contributed by atoms with Crippen LogP contribution >= 0.6 is 0 Å². The van der Waals surface area contributed by atoms with Gasteiger partial charge in [0, 0.05) is 25.0 Å². The number of pyridine rings is 1. The fraction of sp³-hybridized carbons (Fsp3) is 0.529. The van der Waals surface area contributed by atoms with Crippen molar-refractivity contribution in [1.29, 1.82) is 0 Å². The fourth-order valence-electron chi connectivity index (χ4n) is 4.06. The van der Waals surface area contributed by atoms with Crippen LogP contribution in [0.5, 0.6) is 0 Å². The highest BCUT2D eigenvalue weighted by Crippen LogP contribution is 2.35. The van der Waals surface area contributed by atoms with Crippen LogP contribution in [0.2, 0.25) is 0 Å². The molecule has 1 amide bonds. The first-order chi connectivity index (χ1) is 10.3. The zero-order valence-corrected chi connectivity index (χ0v) is 12.2. The summed E-state index contributed by atoms with van der Waals surface area (Å²) in [4.78, 5) is 19.5. The molecule has 0 N–H and O–H groups in total. The average Bonchev–Trinajstić information content (AvgIpc) is 2.97. The normalized spacial score (nSPS) is 25.8. The summed E-state index contributed by atoms with van der Waals surface area (Å²) in [6.07, 6.45) is 11.3. The predicted octanol–water partition coefficient (Wildman–Crippen LogP) is 3.13. The van der Waals surface area contributed by atoms with Crippen molar-refractivity contribution in [1.82, 2.24) is 14.3 Å². The number of aromatic nitrogens is 2. The van der Waals surface area contributed by atoms with Gasteiger partial charge in [-0.25, -0.2) is 4.98 Å². The van der Waals surface area contributed by atoms with Crippen LogP contribution in [-0.4, -0.2) is 32.8 Å². The van der Waals surface area contributed by atoms with Gasteiger partial charge in [-0.3, -0.25) is 4.79 Å². The van der Waals surface area contributed by atoms with Crippen molar-refractivity contribution < 1.29 is 4.79 Å². The summed E-state index contributed by atoms with van der Waals surface area (Å²) in [5.74, 6) is 0.837. The number of carbonyl (C=O) groups is 1. The number of hydrogen-bond acceptors (Lipinski definition) is 2. The third kappa shape index (κ3) is 2.23. The first-order valence-corrected chi connectivity index (χ1v) is 8.07. The average molecular weight is 283 g/mol. The number of imidazole rings is 1. The van der Waals surface area contributed by atoms with E-state index in [9.17, 15) is 4.79 Å². The fourth-order valence-corrected chi connectivity index (χ4v) is 4.06. The Hall–Kier alpha value is -1.84. The van der Waals surface area contributed by atoms with Crippen LogP contribution in [0.3, 0.4) is 0 Å². The Balaban J connectivity index is 1.63. The molecule has 0 bridgehead atoms. The van der Waals surface area contributed by atoms with Gasteiger partial charge in [0.2, 0.25) is 0 Å². The van der Waals surface area contributed by atoms with Crippen molar-refractivity contribution >= 4 is 11.6 Å². The van der Waals surface area contributed by atoms with Crippen LogP contribution in [0.4, 0.5) is 0 Å². The van der Waals surface area contributed by atoms with Crippen LogP contribution in [0.25, 0.3) is 5.65 Å². The van der Waals surface area contributed by atoms with Crippen LogP contribution in [0.1, 0.15) is 49.0 Å². The van der Waals surface area contributed by atoms with E-state index < -0.39 is 0 Å². The van der Waals surface area contributed by atoms with E-state index in [-0.39, 0.29) is 5.91 Å². The van der Waals surface area contributed by atoms with Gasteiger partial charge in [-0.05, 0) is 43.7 Å². The largest absolute Gasteiger partial charge is 0.334 e. The minimum absolute atomic E-state index is 0.121. The van der Waals surface area contributed by atoms with Gasteiger partial charge >= 0.3 is 0 Å². The molecule has 21 heavy (non-hydrogen) atoms. The Bertz CT molecular complexity index is 628. The lowest BCUT2D eigenvalue weighted by Crippen LogP contribution is -2.49. The van der Waals surface area contributed by atoms with Gasteiger partial charge < -0.3 is 9.30 Å². The maximum absolute atomic E-state index is 12.9. The molecule has 2 atom stereocenters. The molecule has 2 aromatic rings. The van der Waals surface area contributed by atoms with E-state index >= 15 is 0 Å². The van der Waals surface area contributed by atoms with Crippen molar-refractivity contribution in [3.63, 3.8) is 0 Å². The molecule has 2 aliphatic rings. The molecule has 1 aliphatic heterocycles. The molecule has 4 nitrogen and oxygen atoms in total. The van der Waals surface area contributed by atoms with Gasteiger partial charge in [0.1, 0.15) is 11.3 Å². The number of nitrogens with zero attached hydrogens (tertiary/aromatic N) is 3. The van der Waals surface area contributed by atoms with Crippen LogP contribution in [0.15, 0.2) is 30.6 Å². The standard InChI is InChI=1S/C17H21N3O/c21-17(14-12-19-10-4-3-9-16(19)18-14)20-11-5-7-13-6-1-2-8-15(13)20/h3-4,9-10,12-13,15H,1-2,5-8,11H2. The van der Waals surface area contributed by atoms with Crippen molar-refractivity contribution in [2.45, 2.75) is 44.6 Å². The molecular weight excluding hydrogens is 262 g/mol. The molecule has 1 saturated carbocycles. The number of rotatable bonds is 1. The molecule has 0 radical (unpaired) electrons. The molecular formula is C17H21N3O. The Morgan fingerprint density at radius 3 is 2.90 bits per heavy atom. The number of amides is 1. The maximum atomic E-state index is 12.9. The summed E-state index contributed by atoms with van der Waals surface area (Å²) in [5, 5.41) is 0. The van der Waals surface area contributed by atoms with E-state index in [1.54, 1.807) is 0 Å². The topological polar surface area (TPSA) is 37.6 Å². The van der Waals surface area contributed by atoms with Crippen molar-refractivity contribution in [3.05, 3.63) is 36.3 Å². The summed E-state index contributed by atoms with van der Waals surface area (Å²) in [5.41, 5.74) is 1.44. The molecule has 4 heteroatoms. The quantitative estimate of drug-likeness (QED) is 0.806. The number of hydrogen-bond donors (Lipinski definition) is 0. The van der Waals surface area contributed by atoms with Gasteiger partial charge in [-0.1, -0.05) is 18.9 Å². The van der Waals surface area contributed by atoms with Crippen molar-refractivity contribution in [3.8, 4) is 0 Å². The summed E-state index contributed by atoms with van der Waals surface area (Å²) < 4.78 is 1.93. The smallest absolute Gasteiger partial charge is 0.274 e. The lowest BCUT2D eigenvalue weighted by molar-refractivity contribution is 0.0386. The lowest BCUT2D eigenvalue weighted by atomic mass is 9.78. The van der Waals surface area contributed by atoms with Gasteiger partial charge in [-0.2, -0.15) is 0 Å². The molecule has 0 spiro atoms. The van der Waals surface area contributed by atoms with E-state index in [4.69, 9.17) is 0 Å². The summed E-state index contributed by atoms with van der Waals surface area (Å²) >= 11 is 0. The van der Waals surface area contributed by atoms with Gasteiger partial charge in [0.25, 0.3) is 5.91 Å². The minimum Gasteiger partial charge on any atom is -0.334 e. The molecule has 2 unspecified atom stereocenters. The molecule has 1 saturated heterocycles. The Morgan fingerprint density at radius 1 is 1.14 bits per heavy atom. The second-order valence-corrected chi connectivity index (χ2v) is 6.34. The zero-order chi connectivity index (χ0) is 14.2. The van der Waals surface area contributed by atoms with E-state index in [1.807, 2.05) is 35.0 Å². The second-order valence-electron chi connectivity index (χ2n) is 6.34. The summed E-state index contributed by atoms with van der Waals surface area (Å²) in [6.45, 7) is 0.897. The van der Waals surface area contributed by atoms with Crippen molar-refractivity contribution in [2.24, 2.45) is 5.92 Å². The molecule has 1 aliphatic carbocycles. The highest BCUT2D eigenvalue weighted by atomic mass is 16.2. The first kappa shape index (κ1) is 12.9. The van der Waals surface area contributed by atoms with Crippen molar-refractivity contribution in [2.75, 3.05) is 6.54 Å². The van der Waals surface area contributed by atoms with Gasteiger partial charge in [0.15, 0.2) is 0 Å². The summed E-state index contributed by atoms with van der Waals surface area (Å²) in [6, 6.07) is 6.30. The Labute approximate surface area is 124 Å². The SMILES string of the molecule is O=C(c1cn2ccccc2n1)N1CCCC2CCCCC21. The van der Waals surface area contributed by atoms with Gasteiger partial charge in [-0.15, -0.1) is 0 Å². The van der Waals surface area contributed by atoms with E-state index in [0.29, 0.717) is 17.7 Å². The second kappa shape index (κ2) is 5.17. The molecule has 2 aromatic heterocycles. The first-order valence-electron chi connectivity index (χ1n) is 8.07. The monoisotopic (exact) mass is 283 g/mol. The zero-order valence-electron chi connectivity index (χ0n) is 12.2. The Morgan fingerprint density at radius 2 is 2.00 bits per heavy atom. The van der Waals surface area contributed by atoms with Crippen LogP contribution < -0.4 is 0 Å². The number of likely N-dealkylation sites (tertiary alicyclic amines) is 1. The van der Waals surface area contributed by atoms with Crippen LogP contribution in [0, 0.1) is 5.92 Å². The minimum atomic E-state index is 0.121. The number of piperidine rings is 1. The highest BCUT2D eigenvalue weighted by Gasteiger charge is 2.36. The summed E-state index contributed by atoms with van der Waals surface area (Å²) in [7, 11) is 0. The third-order valence-electron chi connectivity index (χ3n) is 5.09. The molecule has 110 valence electrons. The predicted molar refractivity (Wildman–Crippen MR) is 81.2 cm³/mol. The molecule has 4 rings (SSSR count). The number of carbonyl (C=O) groups excluding carboxylic acids is 1.